The molecular formula is C18H26ClN3O3. The predicted molar refractivity (Wildman–Crippen MR) is 97.3 cm³/mol. The molecule has 2 saturated heterocycles. The summed E-state index contributed by atoms with van der Waals surface area (Å²) in [6, 6.07) is 9.75. The Kier molecular flexibility index (Phi) is 7.08. The van der Waals surface area contributed by atoms with Crippen LogP contribution in [0.1, 0.15) is 24.8 Å². The van der Waals surface area contributed by atoms with E-state index in [2.05, 4.69) is 0 Å². The molecule has 0 saturated carbocycles. The smallest absolute Gasteiger partial charge is 0.410 e. The summed E-state index contributed by atoms with van der Waals surface area (Å²) in [5.41, 5.74) is 6.85. The molecule has 2 N–H and O–H groups in total. The number of ether oxygens (including phenoxy) is 1. The van der Waals surface area contributed by atoms with E-state index in [-0.39, 0.29) is 43.0 Å². The number of rotatable bonds is 3. The Hall–Kier alpha value is -1.79. The third kappa shape index (κ3) is 5.09. The number of halogens is 1. The lowest BCUT2D eigenvalue weighted by atomic mass is 9.95. The van der Waals surface area contributed by atoms with Crippen molar-refractivity contribution in [3.63, 3.8) is 0 Å². The van der Waals surface area contributed by atoms with Gasteiger partial charge in [0.1, 0.15) is 6.61 Å². The van der Waals surface area contributed by atoms with E-state index >= 15 is 0 Å². The topological polar surface area (TPSA) is 75.9 Å². The first-order valence-corrected chi connectivity index (χ1v) is 8.63. The minimum Gasteiger partial charge on any atom is -0.445 e. The Morgan fingerprint density at radius 3 is 2.28 bits per heavy atom. The molecule has 0 spiro atoms. The molecule has 0 aliphatic carbocycles. The van der Waals surface area contributed by atoms with Crippen LogP contribution in [0, 0.1) is 5.92 Å². The Morgan fingerprint density at radius 2 is 1.68 bits per heavy atom. The molecule has 6 nitrogen and oxygen atoms in total. The van der Waals surface area contributed by atoms with Gasteiger partial charge in [-0.05, 0) is 24.8 Å². The van der Waals surface area contributed by atoms with Gasteiger partial charge in [0.25, 0.3) is 0 Å². The Balaban J connectivity index is 0.00000225. The van der Waals surface area contributed by atoms with Crippen LogP contribution in [0.15, 0.2) is 30.3 Å². The van der Waals surface area contributed by atoms with Crippen molar-refractivity contribution in [3.8, 4) is 0 Å². The summed E-state index contributed by atoms with van der Waals surface area (Å²) in [6.07, 6.45) is 1.99. The molecule has 25 heavy (non-hydrogen) atoms. The zero-order valence-corrected chi connectivity index (χ0v) is 15.1. The van der Waals surface area contributed by atoms with Gasteiger partial charge in [-0.2, -0.15) is 0 Å². The number of amides is 2. The van der Waals surface area contributed by atoms with E-state index in [0.717, 1.165) is 18.5 Å². The lowest BCUT2D eigenvalue weighted by Crippen LogP contribution is -2.44. The Morgan fingerprint density at radius 1 is 1.04 bits per heavy atom. The number of carbonyl (C=O) groups is 2. The number of likely N-dealkylation sites (tertiary alicyclic amines) is 2. The molecule has 2 amide bonds. The normalized spacial score (nSPS) is 20.9. The van der Waals surface area contributed by atoms with Gasteiger partial charge >= 0.3 is 6.09 Å². The highest BCUT2D eigenvalue weighted by molar-refractivity contribution is 5.85. The van der Waals surface area contributed by atoms with Gasteiger partial charge in [0, 0.05) is 38.1 Å². The molecule has 0 unspecified atom stereocenters. The van der Waals surface area contributed by atoms with Crippen LogP contribution in [0.25, 0.3) is 0 Å². The third-order valence-electron chi connectivity index (χ3n) is 4.84. The minimum atomic E-state index is -0.298. The number of carbonyl (C=O) groups excluding carboxylic acids is 2. The number of benzene rings is 1. The van der Waals surface area contributed by atoms with Gasteiger partial charge in [0.05, 0.1) is 0 Å². The fourth-order valence-corrected chi connectivity index (χ4v) is 3.37. The second kappa shape index (κ2) is 9.06. The van der Waals surface area contributed by atoms with Crippen molar-refractivity contribution in [2.45, 2.75) is 31.9 Å². The molecule has 1 atom stereocenters. The molecule has 3 rings (SSSR count). The van der Waals surface area contributed by atoms with Gasteiger partial charge in [0.15, 0.2) is 0 Å². The number of piperidine rings is 1. The van der Waals surface area contributed by atoms with Crippen molar-refractivity contribution < 1.29 is 14.3 Å². The summed E-state index contributed by atoms with van der Waals surface area (Å²) in [7, 11) is 0. The molecule has 1 aromatic carbocycles. The van der Waals surface area contributed by atoms with E-state index < -0.39 is 0 Å². The van der Waals surface area contributed by atoms with Crippen molar-refractivity contribution in [2.75, 3.05) is 26.2 Å². The maximum Gasteiger partial charge on any atom is 0.410 e. The van der Waals surface area contributed by atoms with Gasteiger partial charge < -0.3 is 20.3 Å². The van der Waals surface area contributed by atoms with Crippen molar-refractivity contribution >= 4 is 24.4 Å². The van der Waals surface area contributed by atoms with E-state index in [1.807, 2.05) is 35.2 Å². The van der Waals surface area contributed by atoms with E-state index in [9.17, 15) is 9.59 Å². The summed E-state index contributed by atoms with van der Waals surface area (Å²) in [6.45, 7) is 2.86. The van der Waals surface area contributed by atoms with E-state index in [1.165, 1.54) is 0 Å². The van der Waals surface area contributed by atoms with Gasteiger partial charge in [-0.1, -0.05) is 30.3 Å². The fraction of sp³-hybridized carbons (Fsp3) is 0.556. The maximum atomic E-state index is 12.5. The van der Waals surface area contributed by atoms with Gasteiger partial charge in [-0.3, -0.25) is 4.79 Å². The number of hydrogen-bond donors (Lipinski definition) is 1. The van der Waals surface area contributed by atoms with Crippen molar-refractivity contribution in [1.29, 1.82) is 0 Å². The van der Waals surface area contributed by atoms with Crippen LogP contribution in [0.2, 0.25) is 0 Å². The fourth-order valence-electron chi connectivity index (χ4n) is 3.37. The third-order valence-corrected chi connectivity index (χ3v) is 4.84. The van der Waals surface area contributed by atoms with Gasteiger partial charge in [-0.15, -0.1) is 12.4 Å². The Labute approximate surface area is 154 Å². The highest BCUT2D eigenvalue weighted by Crippen LogP contribution is 2.22. The van der Waals surface area contributed by atoms with E-state index in [1.54, 1.807) is 4.90 Å². The monoisotopic (exact) mass is 367 g/mol. The number of hydrogen-bond acceptors (Lipinski definition) is 4. The quantitative estimate of drug-likeness (QED) is 0.886. The van der Waals surface area contributed by atoms with Crippen LogP contribution in [-0.2, 0) is 16.1 Å². The van der Waals surface area contributed by atoms with E-state index in [0.29, 0.717) is 32.5 Å². The maximum absolute atomic E-state index is 12.5. The van der Waals surface area contributed by atoms with Gasteiger partial charge in [-0.25, -0.2) is 4.79 Å². The largest absolute Gasteiger partial charge is 0.445 e. The van der Waals surface area contributed by atoms with Crippen LogP contribution in [0.3, 0.4) is 0 Å². The standard InChI is InChI=1S/C18H25N3O3.ClH/c19-16-8-11-21(12-16)17(22)15-6-9-20(10-7-15)18(23)24-13-14-4-2-1-3-5-14;/h1-5,15-16H,6-13,19H2;1H/t16-;/m1./s1. The van der Waals surface area contributed by atoms with E-state index in [4.69, 9.17) is 10.5 Å². The highest BCUT2D eigenvalue weighted by Gasteiger charge is 2.33. The first-order valence-electron chi connectivity index (χ1n) is 8.63. The first-order chi connectivity index (χ1) is 11.6. The van der Waals surface area contributed by atoms with Crippen LogP contribution in [0.4, 0.5) is 4.79 Å². The summed E-state index contributed by atoms with van der Waals surface area (Å²) in [5.74, 6) is 0.203. The molecule has 1 aromatic rings. The van der Waals surface area contributed by atoms with Crippen molar-refractivity contribution in [3.05, 3.63) is 35.9 Å². The second-order valence-corrected chi connectivity index (χ2v) is 6.63. The SMILES string of the molecule is Cl.N[C@@H]1CCN(C(=O)C2CCN(C(=O)OCc3ccccc3)CC2)C1. The Bertz CT molecular complexity index is 576. The molecule has 138 valence electrons. The number of nitrogens with zero attached hydrogens (tertiary/aromatic N) is 2. The van der Waals surface area contributed by atoms with Crippen LogP contribution < -0.4 is 5.73 Å². The predicted octanol–water partition coefficient (Wildman–Crippen LogP) is 2.02. The summed E-state index contributed by atoms with van der Waals surface area (Å²) < 4.78 is 5.35. The van der Waals surface area contributed by atoms with Gasteiger partial charge in [0.2, 0.25) is 5.91 Å². The average molecular weight is 368 g/mol. The molecule has 2 aliphatic rings. The summed E-state index contributed by atoms with van der Waals surface area (Å²) in [4.78, 5) is 28.2. The first kappa shape index (κ1) is 19.5. The summed E-state index contributed by atoms with van der Waals surface area (Å²) >= 11 is 0. The lowest BCUT2D eigenvalue weighted by Gasteiger charge is -2.32. The molecule has 7 heteroatoms. The highest BCUT2D eigenvalue weighted by atomic mass is 35.5. The minimum absolute atomic E-state index is 0. The van der Waals surface area contributed by atoms with Crippen molar-refractivity contribution in [2.24, 2.45) is 11.7 Å². The lowest BCUT2D eigenvalue weighted by molar-refractivity contribution is -0.135. The zero-order valence-electron chi connectivity index (χ0n) is 14.3. The molecule has 0 bridgehead atoms. The van der Waals surface area contributed by atoms with Crippen molar-refractivity contribution in [1.82, 2.24) is 9.80 Å². The molecule has 2 aliphatic heterocycles. The average Bonchev–Trinajstić information content (AvgIpc) is 3.06. The van der Waals surface area contributed by atoms with Crippen LogP contribution >= 0.6 is 12.4 Å². The molecule has 2 heterocycles. The molecule has 0 aromatic heterocycles. The number of nitrogens with two attached hydrogens (primary N) is 1. The van der Waals surface area contributed by atoms with Crippen LogP contribution in [-0.4, -0.2) is 54.0 Å². The summed E-state index contributed by atoms with van der Waals surface area (Å²) in [5, 5.41) is 0. The molecule has 0 radical (unpaired) electrons. The second-order valence-electron chi connectivity index (χ2n) is 6.63. The molecule has 2 fully saturated rings. The zero-order chi connectivity index (χ0) is 16.9. The molecular weight excluding hydrogens is 342 g/mol. The van der Waals surface area contributed by atoms with Crippen LogP contribution in [0.5, 0.6) is 0 Å².